The molecule has 0 aliphatic rings. The van der Waals surface area contributed by atoms with Crippen molar-refractivity contribution in [2.24, 2.45) is 11.7 Å². The molecule has 3 nitrogen and oxygen atoms in total. The highest BCUT2D eigenvalue weighted by atomic mass is 35.5. The lowest BCUT2D eigenvalue weighted by atomic mass is 10.1. The Kier molecular flexibility index (Phi) is 5.03. The molecule has 0 bridgehead atoms. The lowest BCUT2D eigenvalue weighted by molar-refractivity contribution is 0.571. The maximum Gasteiger partial charge on any atom is 0.124 e. The van der Waals surface area contributed by atoms with E-state index >= 15 is 0 Å². The normalized spacial score (nSPS) is 11.1. The van der Waals surface area contributed by atoms with Crippen molar-refractivity contribution in [1.29, 1.82) is 5.41 Å². The lowest BCUT2D eigenvalue weighted by Gasteiger charge is -2.31. The zero-order chi connectivity index (χ0) is 13.9. The van der Waals surface area contributed by atoms with Crippen LogP contribution in [0.15, 0.2) is 18.2 Å². The van der Waals surface area contributed by atoms with Gasteiger partial charge in [-0.1, -0.05) is 25.4 Å². The van der Waals surface area contributed by atoms with E-state index in [4.69, 9.17) is 22.7 Å². The Labute approximate surface area is 114 Å². The Morgan fingerprint density at radius 1 is 1.33 bits per heavy atom. The van der Waals surface area contributed by atoms with Gasteiger partial charge in [0.15, 0.2) is 0 Å². The molecule has 0 atom stereocenters. The molecule has 0 saturated carbocycles. The van der Waals surface area contributed by atoms with Crippen LogP contribution in [0.1, 0.15) is 33.3 Å². The molecule has 0 aromatic heterocycles. The predicted molar refractivity (Wildman–Crippen MR) is 79.8 cm³/mol. The van der Waals surface area contributed by atoms with Crippen LogP contribution in [-0.2, 0) is 0 Å². The first-order valence-corrected chi connectivity index (χ1v) is 6.61. The summed E-state index contributed by atoms with van der Waals surface area (Å²) in [7, 11) is 0. The zero-order valence-electron chi connectivity index (χ0n) is 11.5. The van der Waals surface area contributed by atoms with Crippen LogP contribution < -0.4 is 10.6 Å². The first-order chi connectivity index (χ1) is 8.32. The second-order valence-corrected chi connectivity index (χ2v) is 5.62. The number of rotatable bonds is 5. The van der Waals surface area contributed by atoms with Crippen molar-refractivity contribution in [3.63, 3.8) is 0 Å². The van der Waals surface area contributed by atoms with Crippen molar-refractivity contribution in [2.75, 3.05) is 11.4 Å². The third-order valence-electron chi connectivity index (χ3n) is 2.76. The number of benzene rings is 1. The Morgan fingerprint density at radius 3 is 2.33 bits per heavy atom. The van der Waals surface area contributed by atoms with Gasteiger partial charge in [0, 0.05) is 23.8 Å². The molecule has 100 valence electrons. The minimum atomic E-state index is 0.00602. The summed E-state index contributed by atoms with van der Waals surface area (Å²) in [5.41, 5.74) is 7.14. The molecule has 0 spiro atoms. The van der Waals surface area contributed by atoms with E-state index in [0.717, 1.165) is 12.2 Å². The number of nitrogen functional groups attached to an aromatic ring is 1. The fourth-order valence-corrected chi connectivity index (χ4v) is 2.19. The molecule has 1 rings (SSSR count). The third-order valence-corrected chi connectivity index (χ3v) is 3.07. The SMILES string of the molecule is CC(C)CN(c1ccc(C(=N)N)c(Cl)c1)C(C)C. The summed E-state index contributed by atoms with van der Waals surface area (Å²) in [5, 5.41) is 7.97. The van der Waals surface area contributed by atoms with Crippen molar-refractivity contribution in [2.45, 2.75) is 33.7 Å². The van der Waals surface area contributed by atoms with Crippen molar-refractivity contribution in [3.05, 3.63) is 28.8 Å². The van der Waals surface area contributed by atoms with Crippen LogP contribution in [-0.4, -0.2) is 18.4 Å². The first-order valence-electron chi connectivity index (χ1n) is 6.23. The Hall–Kier alpha value is -1.22. The molecule has 1 aromatic carbocycles. The largest absolute Gasteiger partial charge is 0.384 e. The standard InChI is InChI=1S/C14H22ClN3/c1-9(2)8-18(10(3)4)11-5-6-12(14(16)17)13(15)7-11/h5-7,9-10H,8H2,1-4H3,(H3,16,17). The van der Waals surface area contributed by atoms with Gasteiger partial charge in [0.2, 0.25) is 0 Å². The highest BCUT2D eigenvalue weighted by Gasteiger charge is 2.14. The van der Waals surface area contributed by atoms with Crippen molar-refractivity contribution in [3.8, 4) is 0 Å². The summed E-state index contributed by atoms with van der Waals surface area (Å²) in [6, 6.07) is 6.09. The highest BCUT2D eigenvalue weighted by Crippen LogP contribution is 2.25. The molecule has 1 aromatic rings. The molecule has 0 aliphatic carbocycles. The third kappa shape index (κ3) is 3.64. The molecule has 0 heterocycles. The van der Waals surface area contributed by atoms with Gasteiger partial charge in [-0.15, -0.1) is 0 Å². The van der Waals surface area contributed by atoms with Crippen LogP contribution in [0.25, 0.3) is 0 Å². The van der Waals surface area contributed by atoms with Gasteiger partial charge in [-0.2, -0.15) is 0 Å². The Balaban J connectivity index is 3.07. The molecular weight excluding hydrogens is 246 g/mol. The number of anilines is 1. The maximum atomic E-state index is 7.43. The number of halogens is 1. The molecule has 0 aliphatic heterocycles. The summed E-state index contributed by atoms with van der Waals surface area (Å²) in [6.07, 6.45) is 0. The summed E-state index contributed by atoms with van der Waals surface area (Å²) < 4.78 is 0. The van der Waals surface area contributed by atoms with Gasteiger partial charge in [0.25, 0.3) is 0 Å². The van der Waals surface area contributed by atoms with Crippen molar-refractivity contribution < 1.29 is 0 Å². The second-order valence-electron chi connectivity index (χ2n) is 5.22. The summed E-state index contributed by atoms with van der Waals surface area (Å²) >= 11 is 6.16. The Morgan fingerprint density at radius 2 is 1.94 bits per heavy atom. The summed E-state index contributed by atoms with van der Waals surface area (Å²) in [4.78, 5) is 2.31. The topological polar surface area (TPSA) is 53.1 Å². The van der Waals surface area contributed by atoms with Crippen molar-refractivity contribution in [1.82, 2.24) is 0 Å². The van der Waals surface area contributed by atoms with Gasteiger partial charge < -0.3 is 10.6 Å². The van der Waals surface area contributed by atoms with Crippen LogP contribution in [0.5, 0.6) is 0 Å². The summed E-state index contributed by atoms with van der Waals surface area (Å²) in [5.74, 6) is 0.588. The predicted octanol–water partition coefficient (Wildman–Crippen LogP) is 3.49. The molecule has 4 heteroatoms. The summed E-state index contributed by atoms with van der Waals surface area (Å²) in [6.45, 7) is 9.69. The van der Waals surface area contributed by atoms with E-state index in [1.54, 1.807) is 0 Å². The Bertz CT molecular complexity index is 427. The van der Waals surface area contributed by atoms with E-state index in [0.29, 0.717) is 22.5 Å². The van der Waals surface area contributed by atoms with Crippen molar-refractivity contribution >= 4 is 23.1 Å². The number of nitrogens with zero attached hydrogens (tertiary/aromatic N) is 1. The zero-order valence-corrected chi connectivity index (χ0v) is 12.3. The second kappa shape index (κ2) is 6.10. The van der Waals surface area contributed by atoms with E-state index in [1.165, 1.54) is 0 Å². The monoisotopic (exact) mass is 267 g/mol. The lowest BCUT2D eigenvalue weighted by Crippen LogP contribution is -2.34. The molecule has 0 unspecified atom stereocenters. The smallest absolute Gasteiger partial charge is 0.124 e. The first kappa shape index (κ1) is 14.8. The number of hydrogen-bond donors (Lipinski definition) is 2. The number of nitrogens with one attached hydrogen (secondary N) is 1. The number of amidine groups is 1. The maximum absolute atomic E-state index is 7.43. The molecule has 0 fully saturated rings. The molecule has 0 saturated heterocycles. The minimum absolute atomic E-state index is 0.00602. The average Bonchev–Trinajstić information content (AvgIpc) is 2.24. The quantitative estimate of drug-likeness (QED) is 0.634. The molecular formula is C14H22ClN3. The molecule has 3 N–H and O–H groups in total. The van der Waals surface area contributed by atoms with Gasteiger partial charge in [-0.3, -0.25) is 5.41 Å². The van der Waals surface area contributed by atoms with Gasteiger partial charge in [-0.25, -0.2) is 0 Å². The van der Waals surface area contributed by atoms with Crippen LogP contribution >= 0.6 is 11.6 Å². The molecule has 0 radical (unpaired) electrons. The van der Waals surface area contributed by atoms with Crippen LogP contribution in [0, 0.1) is 11.3 Å². The van der Waals surface area contributed by atoms with Crippen LogP contribution in [0.3, 0.4) is 0 Å². The fraction of sp³-hybridized carbons (Fsp3) is 0.500. The van der Waals surface area contributed by atoms with E-state index in [-0.39, 0.29) is 5.84 Å². The van der Waals surface area contributed by atoms with E-state index in [9.17, 15) is 0 Å². The number of nitrogens with two attached hydrogens (primary N) is 1. The van der Waals surface area contributed by atoms with Crippen LogP contribution in [0.2, 0.25) is 5.02 Å². The average molecular weight is 268 g/mol. The van der Waals surface area contributed by atoms with E-state index in [2.05, 4.69) is 32.6 Å². The highest BCUT2D eigenvalue weighted by molar-refractivity contribution is 6.34. The van der Waals surface area contributed by atoms with Gasteiger partial charge in [0.1, 0.15) is 5.84 Å². The van der Waals surface area contributed by atoms with E-state index < -0.39 is 0 Å². The molecule has 0 amide bonds. The van der Waals surface area contributed by atoms with Gasteiger partial charge >= 0.3 is 0 Å². The molecule has 18 heavy (non-hydrogen) atoms. The van der Waals surface area contributed by atoms with Gasteiger partial charge in [0.05, 0.1) is 5.02 Å². The van der Waals surface area contributed by atoms with Gasteiger partial charge in [-0.05, 0) is 38.0 Å². The van der Waals surface area contributed by atoms with Crippen LogP contribution in [0.4, 0.5) is 5.69 Å². The number of hydrogen-bond acceptors (Lipinski definition) is 2. The van der Waals surface area contributed by atoms with E-state index in [1.807, 2.05) is 18.2 Å². The minimum Gasteiger partial charge on any atom is -0.384 e. The fourth-order valence-electron chi connectivity index (χ4n) is 1.91.